The predicted octanol–water partition coefficient (Wildman–Crippen LogP) is 14.4. The van der Waals surface area contributed by atoms with E-state index in [-0.39, 0.29) is 19.5 Å². The van der Waals surface area contributed by atoms with Crippen LogP contribution < -0.4 is 0 Å². The fourth-order valence-corrected chi connectivity index (χ4v) is 7.94. The van der Waals surface area contributed by atoms with Gasteiger partial charge >= 0.3 is 19.5 Å². The molecule has 2 aliphatic heterocycles. The van der Waals surface area contributed by atoms with Gasteiger partial charge < -0.3 is 9.97 Å². The largest absolute Gasteiger partial charge is 2.00 e. The summed E-state index contributed by atoms with van der Waals surface area (Å²) in [4.78, 5) is 18.4. The molecule has 0 spiro atoms. The summed E-state index contributed by atoms with van der Waals surface area (Å²) in [7, 11) is 0. The molecule has 0 aliphatic carbocycles. The molecule has 0 unspecified atom stereocenters. The third-order valence-corrected chi connectivity index (χ3v) is 11.4. The minimum Gasteiger partial charge on any atom is -0.354 e. The molecule has 2 aliphatic rings. The first-order chi connectivity index (χ1) is 25.4. The van der Waals surface area contributed by atoms with E-state index in [2.05, 4.69) is 219 Å². The summed E-state index contributed by atoms with van der Waals surface area (Å²) < 4.78 is 4.07. The number of hydrogen-bond acceptors (Lipinski definition) is 2. The van der Waals surface area contributed by atoms with Gasteiger partial charge in [-0.05, 0) is 119 Å². The van der Waals surface area contributed by atoms with Crippen molar-refractivity contribution in [2.45, 2.75) is 0 Å². The third kappa shape index (κ3) is 7.06. The summed E-state index contributed by atoms with van der Waals surface area (Å²) in [5, 5.41) is 0. The van der Waals surface area contributed by atoms with Gasteiger partial charge in [0.2, 0.25) is 0 Å². The van der Waals surface area contributed by atoms with Gasteiger partial charge in [0.25, 0.3) is 0 Å². The number of nitrogens with zero attached hydrogens (tertiary/aromatic N) is 2. The Morgan fingerprint density at radius 2 is 0.509 bits per heavy atom. The standard InChI is InChI=1S/C44H26Br4N4.Zn/c45-29-9-1-25(2-10-29)41-33-17-19-35(49-33)42(26-3-11-30(46)12-4-26)37-21-23-39(51-37)44(28-7-15-32(48)16-8-28)40-24-22-38(52-40)43(36-20-18-34(41)50-36)27-5-13-31(47)14-6-27;/h1-24,49,52H;/q;+2. The first kappa shape index (κ1) is 36.0. The zero-order valence-electron chi connectivity index (χ0n) is 28.0. The number of benzene rings is 4. The summed E-state index contributed by atoms with van der Waals surface area (Å²) in [5.41, 5.74) is 15.6. The summed E-state index contributed by atoms with van der Waals surface area (Å²) in [6, 6.07) is 42.2. The van der Waals surface area contributed by atoms with Crippen molar-refractivity contribution in [3.63, 3.8) is 0 Å². The van der Waals surface area contributed by atoms with Crippen molar-refractivity contribution in [2.24, 2.45) is 0 Å². The third-order valence-electron chi connectivity index (χ3n) is 9.29. The van der Waals surface area contributed by atoms with Gasteiger partial charge in [0, 0.05) is 62.2 Å². The summed E-state index contributed by atoms with van der Waals surface area (Å²) >= 11 is 14.5. The van der Waals surface area contributed by atoms with Crippen LogP contribution in [-0.4, -0.2) is 19.9 Å². The van der Waals surface area contributed by atoms with Gasteiger partial charge in [-0.25, -0.2) is 9.97 Å². The van der Waals surface area contributed by atoms with Gasteiger partial charge in [-0.1, -0.05) is 112 Å². The van der Waals surface area contributed by atoms with E-state index in [1.54, 1.807) is 0 Å². The molecule has 2 N–H and O–H groups in total. The Labute approximate surface area is 352 Å². The van der Waals surface area contributed by atoms with Gasteiger partial charge in [0.15, 0.2) is 0 Å². The molecule has 8 bridgehead atoms. The number of fused-ring (bicyclic) bond motifs is 8. The smallest absolute Gasteiger partial charge is 0.354 e. The molecule has 9 heteroatoms. The van der Waals surface area contributed by atoms with Crippen molar-refractivity contribution < 1.29 is 19.5 Å². The van der Waals surface area contributed by atoms with Crippen LogP contribution in [0.1, 0.15) is 22.8 Å². The van der Waals surface area contributed by atoms with E-state index in [9.17, 15) is 0 Å². The Bertz CT molecular complexity index is 2370. The normalized spacial score (nSPS) is 11.8. The minimum absolute atomic E-state index is 0. The van der Waals surface area contributed by atoms with E-state index in [4.69, 9.17) is 9.97 Å². The quantitative estimate of drug-likeness (QED) is 0.173. The second kappa shape index (κ2) is 15.0. The average molecular weight is 996 g/mol. The van der Waals surface area contributed by atoms with Crippen LogP contribution >= 0.6 is 63.7 Å². The van der Waals surface area contributed by atoms with Crippen LogP contribution in [0.2, 0.25) is 0 Å². The fourth-order valence-electron chi connectivity index (χ4n) is 6.89. The Morgan fingerprint density at radius 3 is 0.717 bits per heavy atom. The second-order valence-electron chi connectivity index (χ2n) is 12.5. The number of halogens is 4. The molecule has 0 atom stereocenters. The number of aromatic nitrogens is 4. The zero-order valence-corrected chi connectivity index (χ0v) is 37.3. The molecular formula is C44H26Br4N4Zn+2. The maximum atomic E-state index is 5.38. The Balaban J connectivity index is 0.00000400. The topological polar surface area (TPSA) is 57.4 Å². The Hall–Kier alpha value is -3.98. The van der Waals surface area contributed by atoms with Gasteiger partial charge in [-0.2, -0.15) is 0 Å². The van der Waals surface area contributed by atoms with E-state index in [1.807, 2.05) is 0 Å². The molecule has 4 aromatic carbocycles. The molecule has 0 fully saturated rings. The molecule has 53 heavy (non-hydrogen) atoms. The molecule has 0 amide bonds. The maximum absolute atomic E-state index is 5.38. The molecule has 250 valence electrons. The number of hydrogen-bond donors (Lipinski definition) is 2. The Morgan fingerprint density at radius 1 is 0.302 bits per heavy atom. The molecule has 0 saturated carbocycles. The molecule has 5 heterocycles. The van der Waals surface area contributed by atoms with E-state index >= 15 is 0 Å². The van der Waals surface area contributed by atoms with Gasteiger partial charge in [-0.3, -0.25) is 0 Å². The SMILES string of the molecule is Brc1ccc(-c2c3nc(c(-c4ccc(Br)cc4)c4ccc([nH]4)c(-c4ccc(Br)cc4)c4nc(c(-c5ccc(Br)cc5)c5ccc2[nH]5)C=C4)C=C3)cc1.[Zn+2]. The predicted molar refractivity (Wildman–Crippen MR) is 231 cm³/mol. The van der Waals surface area contributed by atoms with E-state index in [0.717, 1.165) is 107 Å². The maximum Gasteiger partial charge on any atom is 2.00 e. The fraction of sp³-hybridized carbons (Fsp3) is 0. The summed E-state index contributed by atoms with van der Waals surface area (Å²) in [6.45, 7) is 0. The molecule has 3 aromatic heterocycles. The van der Waals surface area contributed by atoms with Crippen molar-refractivity contribution >= 4 is 110 Å². The number of aromatic amines is 2. The van der Waals surface area contributed by atoms with Crippen molar-refractivity contribution in [3.8, 4) is 44.5 Å². The van der Waals surface area contributed by atoms with Crippen molar-refractivity contribution in [2.75, 3.05) is 0 Å². The van der Waals surface area contributed by atoms with Crippen molar-refractivity contribution in [3.05, 3.63) is 162 Å². The van der Waals surface area contributed by atoms with Gasteiger partial charge in [-0.15, -0.1) is 0 Å². The monoisotopic (exact) mass is 990 g/mol. The molecule has 4 nitrogen and oxygen atoms in total. The number of rotatable bonds is 4. The molecule has 0 radical (unpaired) electrons. The first-order valence-corrected chi connectivity index (χ1v) is 19.8. The minimum atomic E-state index is 0. The van der Waals surface area contributed by atoms with E-state index < -0.39 is 0 Å². The molecule has 9 rings (SSSR count). The Kier molecular flexibility index (Phi) is 10.2. The van der Waals surface area contributed by atoms with Crippen LogP contribution in [0, 0.1) is 0 Å². The van der Waals surface area contributed by atoms with Crippen LogP contribution in [0.15, 0.2) is 139 Å². The average Bonchev–Trinajstić information content (AvgIpc) is 3.99. The van der Waals surface area contributed by atoms with Gasteiger partial charge in [0.05, 0.1) is 22.8 Å². The number of nitrogens with one attached hydrogen (secondary N) is 2. The van der Waals surface area contributed by atoms with Crippen LogP contribution in [0.4, 0.5) is 0 Å². The zero-order chi connectivity index (χ0) is 35.3. The van der Waals surface area contributed by atoms with E-state index in [0.29, 0.717) is 0 Å². The van der Waals surface area contributed by atoms with Crippen LogP contribution in [0.25, 0.3) is 90.9 Å². The van der Waals surface area contributed by atoms with Crippen LogP contribution in [0.5, 0.6) is 0 Å². The molecule has 7 aromatic rings. The van der Waals surface area contributed by atoms with Crippen molar-refractivity contribution in [1.82, 2.24) is 19.9 Å². The van der Waals surface area contributed by atoms with Gasteiger partial charge in [0.1, 0.15) is 0 Å². The molecule has 0 saturated heterocycles. The summed E-state index contributed by atoms with van der Waals surface area (Å²) in [5.74, 6) is 0. The van der Waals surface area contributed by atoms with Crippen LogP contribution in [-0.2, 0) is 19.5 Å². The second-order valence-corrected chi connectivity index (χ2v) is 16.2. The van der Waals surface area contributed by atoms with E-state index in [1.165, 1.54) is 0 Å². The van der Waals surface area contributed by atoms with Crippen LogP contribution in [0.3, 0.4) is 0 Å². The summed E-state index contributed by atoms with van der Waals surface area (Å²) in [6.07, 6.45) is 8.49. The number of H-pyrrole nitrogens is 2. The van der Waals surface area contributed by atoms with Crippen molar-refractivity contribution in [1.29, 1.82) is 0 Å². The first-order valence-electron chi connectivity index (χ1n) is 16.6. The molecular weight excluding hydrogens is 970 g/mol.